The molecule has 2 amide bonds. The Balaban J connectivity index is 1.66. The normalized spacial score (nSPS) is 17.4. The maximum Gasteiger partial charge on any atom is 0.323 e. The number of hydrogen-bond donors (Lipinski definition) is 3. The van der Waals surface area contributed by atoms with Crippen LogP contribution in [-0.2, 0) is 9.53 Å². The summed E-state index contributed by atoms with van der Waals surface area (Å²) in [6.07, 6.45) is 3.71. The number of carbonyl (C=O) groups excluding carboxylic acids is 2. The van der Waals surface area contributed by atoms with Gasteiger partial charge < -0.3 is 25.8 Å². The van der Waals surface area contributed by atoms with Gasteiger partial charge in [-0.05, 0) is 49.4 Å². The van der Waals surface area contributed by atoms with Crippen molar-refractivity contribution in [1.82, 2.24) is 0 Å². The van der Waals surface area contributed by atoms with E-state index in [0.29, 0.717) is 22.8 Å². The Bertz CT molecular complexity index is 910. The first-order chi connectivity index (χ1) is 12.8. The molecule has 2 aromatic rings. The highest BCUT2D eigenvalue weighted by Gasteiger charge is 2.29. The number of nitrogens with one attached hydrogen (secondary N) is 2. The average molecular weight is 367 g/mol. The monoisotopic (exact) mass is 367 g/mol. The minimum atomic E-state index is -0.724. The van der Waals surface area contributed by atoms with Crippen molar-refractivity contribution in [2.24, 2.45) is 0 Å². The molecule has 0 aliphatic carbocycles. The van der Waals surface area contributed by atoms with Crippen LogP contribution in [-0.4, -0.2) is 24.2 Å². The summed E-state index contributed by atoms with van der Waals surface area (Å²) in [6.45, 7) is 3.32. The Hall–Kier alpha value is -3.48. The maximum atomic E-state index is 12.2. The first kappa shape index (κ1) is 18.3. The molecule has 3 rings (SSSR count). The molecule has 1 aliphatic rings. The van der Waals surface area contributed by atoms with Gasteiger partial charge in [-0.15, -0.1) is 0 Å². The predicted molar refractivity (Wildman–Crippen MR) is 105 cm³/mol. The molecule has 1 aliphatic heterocycles. The lowest BCUT2D eigenvalue weighted by Crippen LogP contribution is -2.37. The highest BCUT2D eigenvalue weighted by Crippen LogP contribution is 2.33. The molecule has 0 bridgehead atoms. The van der Waals surface area contributed by atoms with Crippen LogP contribution in [0.25, 0.3) is 6.08 Å². The number of ether oxygens (including phenoxy) is 2. The molecule has 0 saturated heterocycles. The van der Waals surface area contributed by atoms with Gasteiger partial charge in [-0.3, -0.25) is 4.79 Å². The number of nitrogen functional groups attached to an aromatic ring is 1. The Kier molecular flexibility index (Phi) is 5.03. The van der Waals surface area contributed by atoms with E-state index in [4.69, 9.17) is 15.2 Å². The summed E-state index contributed by atoms with van der Waals surface area (Å²) in [5.41, 5.74) is 7.59. The van der Waals surface area contributed by atoms with E-state index in [1.807, 2.05) is 19.1 Å². The van der Waals surface area contributed by atoms with Gasteiger partial charge in [0.2, 0.25) is 0 Å². The number of carbonyl (C=O) groups is 2. The lowest BCUT2D eigenvalue weighted by atomic mass is 10.0. The van der Waals surface area contributed by atoms with Crippen LogP contribution in [0, 0.1) is 0 Å². The minimum absolute atomic E-state index is 0.126. The highest BCUT2D eigenvalue weighted by molar-refractivity contribution is 6.00. The van der Waals surface area contributed by atoms with Crippen LogP contribution in [0.15, 0.2) is 48.5 Å². The second kappa shape index (κ2) is 7.41. The number of nitrogens with two attached hydrogens (primary N) is 1. The molecule has 140 valence electrons. The molecule has 1 heterocycles. The number of urea groups is 1. The van der Waals surface area contributed by atoms with Crippen LogP contribution in [0.5, 0.6) is 5.75 Å². The van der Waals surface area contributed by atoms with E-state index in [-0.39, 0.29) is 18.6 Å². The first-order valence-corrected chi connectivity index (χ1v) is 8.42. The lowest BCUT2D eigenvalue weighted by Gasteiger charge is -2.31. The maximum absolute atomic E-state index is 12.2. The fourth-order valence-electron chi connectivity index (χ4n) is 2.63. The van der Waals surface area contributed by atoms with Crippen molar-refractivity contribution in [2.75, 3.05) is 23.0 Å². The number of anilines is 3. The zero-order valence-corrected chi connectivity index (χ0v) is 15.1. The lowest BCUT2D eigenvalue weighted by molar-refractivity contribution is -0.145. The molecule has 0 aromatic heterocycles. The summed E-state index contributed by atoms with van der Waals surface area (Å²) in [7, 11) is 0. The Labute approximate surface area is 157 Å². The molecule has 7 heteroatoms. The van der Waals surface area contributed by atoms with Crippen molar-refractivity contribution in [3.8, 4) is 5.75 Å². The molecule has 1 unspecified atom stereocenters. The zero-order chi connectivity index (χ0) is 19.4. The van der Waals surface area contributed by atoms with Gasteiger partial charge in [0.15, 0.2) is 5.60 Å². The molecule has 1 atom stereocenters. The van der Waals surface area contributed by atoms with Crippen molar-refractivity contribution in [3.63, 3.8) is 0 Å². The fourth-order valence-corrected chi connectivity index (χ4v) is 2.63. The summed E-state index contributed by atoms with van der Waals surface area (Å²) in [5.74, 6) is 0.290. The number of esters is 1. The van der Waals surface area contributed by atoms with E-state index in [9.17, 15) is 9.59 Å². The molecule has 0 spiro atoms. The van der Waals surface area contributed by atoms with E-state index in [1.54, 1.807) is 42.5 Å². The van der Waals surface area contributed by atoms with Gasteiger partial charge in [0.1, 0.15) is 12.4 Å². The smallest absolute Gasteiger partial charge is 0.323 e. The van der Waals surface area contributed by atoms with Gasteiger partial charge >= 0.3 is 12.0 Å². The summed E-state index contributed by atoms with van der Waals surface area (Å²) >= 11 is 0. The quantitative estimate of drug-likeness (QED) is 0.565. The Morgan fingerprint density at radius 3 is 2.59 bits per heavy atom. The zero-order valence-electron chi connectivity index (χ0n) is 15.1. The summed E-state index contributed by atoms with van der Waals surface area (Å²) in [6, 6.07) is 11.9. The Morgan fingerprint density at radius 1 is 1.15 bits per heavy atom. The molecule has 2 aromatic carbocycles. The van der Waals surface area contributed by atoms with Crippen molar-refractivity contribution < 1.29 is 19.1 Å². The number of fused-ring (bicyclic) bond motifs is 1. The van der Waals surface area contributed by atoms with E-state index in [0.717, 1.165) is 5.56 Å². The molecule has 4 N–H and O–H groups in total. The summed E-state index contributed by atoms with van der Waals surface area (Å²) < 4.78 is 11.0. The van der Waals surface area contributed by atoms with Crippen LogP contribution in [0.4, 0.5) is 21.9 Å². The van der Waals surface area contributed by atoms with Crippen LogP contribution >= 0.6 is 0 Å². The van der Waals surface area contributed by atoms with Gasteiger partial charge in [0, 0.05) is 29.5 Å². The van der Waals surface area contributed by atoms with Crippen molar-refractivity contribution in [3.05, 3.63) is 54.1 Å². The number of amides is 2. The molecule has 0 radical (unpaired) electrons. The third kappa shape index (κ3) is 4.78. The van der Waals surface area contributed by atoms with Gasteiger partial charge in [-0.1, -0.05) is 12.1 Å². The van der Waals surface area contributed by atoms with E-state index in [2.05, 4.69) is 10.6 Å². The molecule has 7 nitrogen and oxygen atoms in total. The molecule has 27 heavy (non-hydrogen) atoms. The van der Waals surface area contributed by atoms with Gasteiger partial charge in [0.05, 0.1) is 0 Å². The van der Waals surface area contributed by atoms with Gasteiger partial charge in [-0.25, -0.2) is 4.79 Å². The van der Waals surface area contributed by atoms with Crippen molar-refractivity contribution >= 4 is 35.1 Å². The van der Waals surface area contributed by atoms with Crippen molar-refractivity contribution in [1.29, 1.82) is 0 Å². The van der Waals surface area contributed by atoms with Crippen molar-refractivity contribution in [2.45, 2.75) is 19.4 Å². The van der Waals surface area contributed by atoms with Crippen LogP contribution in [0.3, 0.4) is 0 Å². The predicted octanol–water partition coefficient (Wildman–Crippen LogP) is 3.64. The van der Waals surface area contributed by atoms with E-state index in [1.165, 1.54) is 6.92 Å². The third-order valence-electron chi connectivity index (χ3n) is 3.93. The van der Waals surface area contributed by atoms with Crippen LogP contribution in [0.1, 0.15) is 19.4 Å². The standard InChI is InChI=1S/C20H21N3O4/c1-13(24)26-12-20(2)9-8-14-10-17(6-7-18(14)27-20)23-19(25)22-16-5-3-4-15(21)11-16/h3-11H,12,21H2,1-2H3,(H2,22,23,25). The van der Waals surface area contributed by atoms with Gasteiger partial charge in [0.25, 0.3) is 0 Å². The van der Waals surface area contributed by atoms with Crippen LogP contribution < -0.4 is 21.1 Å². The molecular weight excluding hydrogens is 346 g/mol. The highest BCUT2D eigenvalue weighted by atomic mass is 16.6. The van der Waals surface area contributed by atoms with Crippen LogP contribution in [0.2, 0.25) is 0 Å². The molecule has 0 fully saturated rings. The summed E-state index contributed by atoms with van der Waals surface area (Å²) in [5, 5.41) is 5.50. The second-order valence-corrected chi connectivity index (χ2v) is 6.49. The fraction of sp³-hybridized carbons (Fsp3) is 0.200. The van der Waals surface area contributed by atoms with Gasteiger partial charge in [-0.2, -0.15) is 0 Å². The second-order valence-electron chi connectivity index (χ2n) is 6.49. The number of hydrogen-bond acceptors (Lipinski definition) is 5. The summed E-state index contributed by atoms with van der Waals surface area (Å²) in [4.78, 5) is 23.2. The van der Waals surface area contributed by atoms with E-state index < -0.39 is 5.60 Å². The number of rotatable bonds is 4. The first-order valence-electron chi connectivity index (χ1n) is 8.42. The Morgan fingerprint density at radius 2 is 1.89 bits per heavy atom. The number of benzene rings is 2. The molecular formula is C20H21N3O4. The average Bonchev–Trinajstić information content (AvgIpc) is 2.60. The SMILES string of the molecule is CC(=O)OCC1(C)C=Cc2cc(NC(=O)Nc3cccc(N)c3)ccc2O1. The van der Waals surface area contributed by atoms with E-state index >= 15 is 0 Å². The largest absolute Gasteiger partial charge is 0.479 e. The molecule has 0 saturated carbocycles. The topological polar surface area (TPSA) is 103 Å². The third-order valence-corrected chi connectivity index (χ3v) is 3.93. The minimum Gasteiger partial charge on any atom is -0.479 e.